The molecule has 1 aromatic rings. The van der Waals surface area contributed by atoms with Crippen LogP contribution in [0.2, 0.25) is 0 Å². The van der Waals surface area contributed by atoms with E-state index in [0.29, 0.717) is 17.9 Å². The summed E-state index contributed by atoms with van der Waals surface area (Å²) in [6, 6.07) is 4.02. The molecule has 1 heterocycles. The van der Waals surface area contributed by atoms with Crippen molar-refractivity contribution in [1.29, 1.82) is 5.26 Å². The summed E-state index contributed by atoms with van der Waals surface area (Å²) >= 11 is 0. The van der Waals surface area contributed by atoms with Crippen molar-refractivity contribution < 1.29 is 5.11 Å². The second-order valence-corrected chi connectivity index (χ2v) is 5.18. The number of aliphatic hydroxyl groups excluding tert-OH is 1. The van der Waals surface area contributed by atoms with Crippen molar-refractivity contribution in [3.05, 3.63) is 23.4 Å². The zero-order valence-corrected chi connectivity index (χ0v) is 10.7. The summed E-state index contributed by atoms with van der Waals surface area (Å²) in [4.78, 5) is 4.22. The van der Waals surface area contributed by atoms with E-state index in [1.165, 1.54) is 12.8 Å². The predicted octanol–water partition coefficient (Wildman–Crippen LogP) is 2.23. The molecule has 0 atom stereocenters. The van der Waals surface area contributed by atoms with Crippen LogP contribution < -0.4 is 5.32 Å². The fourth-order valence-electron chi connectivity index (χ4n) is 2.62. The molecule has 0 amide bonds. The molecule has 4 nitrogen and oxygen atoms in total. The first-order valence-electron chi connectivity index (χ1n) is 6.41. The maximum Gasteiger partial charge on any atom is 0.144 e. The Morgan fingerprint density at radius 3 is 2.83 bits per heavy atom. The highest BCUT2D eigenvalue weighted by Crippen LogP contribution is 2.37. The zero-order valence-electron chi connectivity index (χ0n) is 10.7. The van der Waals surface area contributed by atoms with Crippen LogP contribution >= 0.6 is 0 Å². The van der Waals surface area contributed by atoms with Crippen molar-refractivity contribution in [2.75, 3.05) is 18.5 Å². The van der Waals surface area contributed by atoms with Crippen LogP contribution in [-0.2, 0) is 0 Å². The number of anilines is 1. The lowest BCUT2D eigenvalue weighted by Gasteiger charge is -2.27. The van der Waals surface area contributed by atoms with Crippen LogP contribution in [0, 0.1) is 23.7 Å². The van der Waals surface area contributed by atoms with Crippen molar-refractivity contribution >= 4 is 5.82 Å². The summed E-state index contributed by atoms with van der Waals surface area (Å²) < 4.78 is 0. The van der Waals surface area contributed by atoms with E-state index in [-0.39, 0.29) is 12.0 Å². The molecule has 18 heavy (non-hydrogen) atoms. The number of hydrogen-bond donors (Lipinski definition) is 2. The largest absolute Gasteiger partial charge is 0.396 e. The van der Waals surface area contributed by atoms with Gasteiger partial charge in [0.05, 0.1) is 12.2 Å². The van der Waals surface area contributed by atoms with Crippen molar-refractivity contribution in [1.82, 2.24) is 4.98 Å². The molecule has 4 heteroatoms. The first kappa shape index (κ1) is 12.8. The highest BCUT2D eigenvalue weighted by molar-refractivity contribution is 5.55. The number of nitrogens with one attached hydrogen (secondary N) is 1. The van der Waals surface area contributed by atoms with E-state index < -0.39 is 0 Å². The van der Waals surface area contributed by atoms with E-state index in [1.807, 2.05) is 13.0 Å². The molecule has 2 N–H and O–H groups in total. The molecule has 0 aliphatic heterocycles. The Bertz CT molecular complexity index is 459. The summed E-state index contributed by atoms with van der Waals surface area (Å²) in [5.41, 5.74) is 1.50. The normalized spacial score (nSPS) is 17.4. The summed E-state index contributed by atoms with van der Waals surface area (Å²) in [5.74, 6) is 0.636. The van der Waals surface area contributed by atoms with Gasteiger partial charge in [-0.25, -0.2) is 4.98 Å². The van der Waals surface area contributed by atoms with Crippen LogP contribution in [0.5, 0.6) is 0 Å². The number of nitrogens with zero attached hydrogens (tertiary/aromatic N) is 2. The Kier molecular flexibility index (Phi) is 3.83. The quantitative estimate of drug-likeness (QED) is 0.853. The molecular formula is C14H19N3O. The van der Waals surface area contributed by atoms with Gasteiger partial charge in [0, 0.05) is 18.2 Å². The van der Waals surface area contributed by atoms with Gasteiger partial charge in [-0.3, -0.25) is 0 Å². The van der Waals surface area contributed by atoms with Gasteiger partial charge in [0.15, 0.2) is 0 Å². The topological polar surface area (TPSA) is 68.9 Å². The number of rotatable bonds is 4. The zero-order chi connectivity index (χ0) is 13.0. The van der Waals surface area contributed by atoms with Gasteiger partial charge in [-0.15, -0.1) is 0 Å². The lowest BCUT2D eigenvalue weighted by Crippen LogP contribution is -2.31. The van der Waals surface area contributed by atoms with Crippen LogP contribution in [0.3, 0.4) is 0 Å². The van der Waals surface area contributed by atoms with E-state index in [9.17, 15) is 5.11 Å². The highest BCUT2D eigenvalue weighted by Gasteiger charge is 2.33. The Labute approximate surface area is 108 Å². The molecule has 0 unspecified atom stereocenters. The second-order valence-electron chi connectivity index (χ2n) is 5.18. The Balaban J connectivity index is 2.11. The highest BCUT2D eigenvalue weighted by atomic mass is 16.3. The molecule has 1 aromatic heterocycles. The maximum atomic E-state index is 9.55. The van der Waals surface area contributed by atoms with Gasteiger partial charge in [0.1, 0.15) is 11.9 Å². The molecule has 1 saturated carbocycles. The first-order valence-corrected chi connectivity index (χ1v) is 6.41. The van der Waals surface area contributed by atoms with Gasteiger partial charge in [-0.2, -0.15) is 5.26 Å². The van der Waals surface area contributed by atoms with Gasteiger partial charge >= 0.3 is 0 Å². The number of hydrogen-bond acceptors (Lipinski definition) is 4. The van der Waals surface area contributed by atoms with E-state index in [4.69, 9.17) is 5.26 Å². The van der Waals surface area contributed by atoms with E-state index in [0.717, 1.165) is 18.4 Å². The van der Waals surface area contributed by atoms with Crippen LogP contribution in [0.15, 0.2) is 12.3 Å². The molecule has 2 rings (SSSR count). The van der Waals surface area contributed by atoms with Crippen molar-refractivity contribution in [3.8, 4) is 6.07 Å². The minimum Gasteiger partial charge on any atom is -0.396 e. The average molecular weight is 245 g/mol. The third-order valence-electron chi connectivity index (χ3n) is 3.90. The SMILES string of the molecule is Cc1ccnc(NCC2(CO)CCCC2)c1C#N. The van der Waals surface area contributed by atoms with Gasteiger partial charge in [0.2, 0.25) is 0 Å². The van der Waals surface area contributed by atoms with Crippen LogP contribution in [-0.4, -0.2) is 23.2 Å². The molecule has 1 fully saturated rings. The van der Waals surface area contributed by atoms with Crippen LogP contribution in [0.1, 0.15) is 36.8 Å². The Morgan fingerprint density at radius 1 is 1.50 bits per heavy atom. The number of nitriles is 1. The maximum absolute atomic E-state index is 9.55. The summed E-state index contributed by atoms with van der Waals surface area (Å²) in [6.45, 7) is 2.80. The Hall–Kier alpha value is -1.60. The fraction of sp³-hybridized carbons (Fsp3) is 0.571. The molecule has 1 aliphatic rings. The van der Waals surface area contributed by atoms with Crippen molar-refractivity contribution in [2.24, 2.45) is 5.41 Å². The molecule has 0 aromatic carbocycles. The minimum atomic E-state index is -0.0296. The van der Waals surface area contributed by atoms with E-state index >= 15 is 0 Å². The summed E-state index contributed by atoms with van der Waals surface area (Å²) in [6.07, 6.45) is 6.15. The third kappa shape index (κ3) is 2.46. The van der Waals surface area contributed by atoms with Crippen molar-refractivity contribution in [2.45, 2.75) is 32.6 Å². The number of aliphatic hydroxyl groups is 1. The molecule has 1 aliphatic carbocycles. The third-order valence-corrected chi connectivity index (χ3v) is 3.90. The first-order chi connectivity index (χ1) is 8.71. The second kappa shape index (κ2) is 5.36. The standard InChI is InChI=1S/C14H19N3O/c1-11-4-7-16-13(12(11)8-15)17-9-14(10-18)5-2-3-6-14/h4,7,18H,2-3,5-6,9-10H2,1H3,(H,16,17). The van der Waals surface area contributed by atoms with Gasteiger partial charge < -0.3 is 10.4 Å². The van der Waals surface area contributed by atoms with E-state index in [1.54, 1.807) is 6.20 Å². The van der Waals surface area contributed by atoms with Gasteiger partial charge in [0.25, 0.3) is 0 Å². The molecular weight excluding hydrogens is 226 g/mol. The van der Waals surface area contributed by atoms with Gasteiger partial charge in [-0.1, -0.05) is 12.8 Å². The number of aryl methyl sites for hydroxylation is 1. The summed E-state index contributed by atoms with van der Waals surface area (Å²) in [7, 11) is 0. The molecule has 0 bridgehead atoms. The summed E-state index contributed by atoms with van der Waals surface area (Å²) in [5, 5.41) is 21.9. The lowest BCUT2D eigenvalue weighted by atomic mass is 9.87. The molecule has 96 valence electrons. The monoisotopic (exact) mass is 245 g/mol. The number of aromatic nitrogens is 1. The fourth-order valence-corrected chi connectivity index (χ4v) is 2.62. The van der Waals surface area contributed by atoms with Gasteiger partial charge in [-0.05, 0) is 31.4 Å². The molecule has 0 saturated heterocycles. The number of pyridine rings is 1. The van der Waals surface area contributed by atoms with Crippen LogP contribution in [0.25, 0.3) is 0 Å². The minimum absolute atomic E-state index is 0.0296. The van der Waals surface area contributed by atoms with Crippen molar-refractivity contribution in [3.63, 3.8) is 0 Å². The molecule has 0 radical (unpaired) electrons. The van der Waals surface area contributed by atoms with Crippen LogP contribution in [0.4, 0.5) is 5.82 Å². The predicted molar refractivity (Wildman–Crippen MR) is 70.2 cm³/mol. The lowest BCUT2D eigenvalue weighted by molar-refractivity contribution is 0.142. The molecule has 0 spiro atoms. The smallest absolute Gasteiger partial charge is 0.144 e. The Morgan fingerprint density at radius 2 is 2.22 bits per heavy atom. The van der Waals surface area contributed by atoms with E-state index in [2.05, 4.69) is 16.4 Å². The average Bonchev–Trinajstić information content (AvgIpc) is 2.86.